The zero-order valence-electron chi connectivity index (χ0n) is 9.61. The molecule has 1 aliphatic carbocycles. The van der Waals surface area contributed by atoms with Gasteiger partial charge in [-0.15, -0.1) is 0 Å². The van der Waals surface area contributed by atoms with Gasteiger partial charge in [0, 0.05) is 24.5 Å². The van der Waals surface area contributed by atoms with Gasteiger partial charge in [0.2, 0.25) is 0 Å². The smallest absolute Gasteiger partial charge is 0.0315 e. The van der Waals surface area contributed by atoms with Gasteiger partial charge in [-0.1, -0.05) is 19.4 Å². The third-order valence-electron chi connectivity index (χ3n) is 3.51. The van der Waals surface area contributed by atoms with Crippen LogP contribution >= 0.6 is 0 Å². The summed E-state index contributed by atoms with van der Waals surface area (Å²) in [5, 5.41) is 3.70. The molecule has 0 spiro atoms. The van der Waals surface area contributed by atoms with E-state index in [1.165, 1.54) is 24.8 Å². The molecule has 0 amide bonds. The largest absolute Gasteiger partial charge is 0.307 e. The molecular formula is C13H20N2. The number of hydrogen-bond acceptors (Lipinski definition) is 2. The Morgan fingerprint density at radius 2 is 2.33 bits per heavy atom. The summed E-state index contributed by atoms with van der Waals surface area (Å²) < 4.78 is 0. The lowest BCUT2D eigenvalue weighted by molar-refractivity contribution is 0.388. The molecule has 1 saturated carbocycles. The van der Waals surface area contributed by atoms with E-state index in [1.54, 1.807) is 0 Å². The molecule has 0 aromatic carbocycles. The molecule has 1 aliphatic rings. The minimum atomic E-state index is 0.421. The van der Waals surface area contributed by atoms with Crippen molar-refractivity contribution in [3.63, 3.8) is 0 Å². The number of nitrogens with zero attached hydrogens (tertiary/aromatic N) is 1. The Labute approximate surface area is 92.1 Å². The molecule has 3 atom stereocenters. The van der Waals surface area contributed by atoms with Crippen LogP contribution in [0.15, 0.2) is 24.5 Å². The number of nitrogens with one attached hydrogen (secondary N) is 1. The van der Waals surface area contributed by atoms with Crippen LogP contribution < -0.4 is 5.32 Å². The predicted molar refractivity (Wildman–Crippen MR) is 62.6 cm³/mol. The highest BCUT2D eigenvalue weighted by Crippen LogP contribution is 2.27. The molecule has 2 heteroatoms. The summed E-state index contributed by atoms with van der Waals surface area (Å²) >= 11 is 0. The first-order chi connectivity index (χ1) is 7.27. The van der Waals surface area contributed by atoms with E-state index in [0.29, 0.717) is 12.1 Å². The van der Waals surface area contributed by atoms with Crippen molar-refractivity contribution in [3.05, 3.63) is 30.1 Å². The molecule has 1 N–H and O–H groups in total. The maximum atomic E-state index is 4.16. The van der Waals surface area contributed by atoms with Gasteiger partial charge in [0.05, 0.1) is 0 Å². The lowest BCUT2D eigenvalue weighted by Crippen LogP contribution is -2.33. The zero-order valence-corrected chi connectivity index (χ0v) is 9.61. The van der Waals surface area contributed by atoms with Crippen molar-refractivity contribution in [1.82, 2.24) is 10.3 Å². The molecule has 2 rings (SSSR count). The Hall–Kier alpha value is -0.890. The third kappa shape index (κ3) is 2.57. The van der Waals surface area contributed by atoms with Gasteiger partial charge in [-0.05, 0) is 37.3 Å². The summed E-state index contributed by atoms with van der Waals surface area (Å²) in [6.07, 6.45) is 7.85. The van der Waals surface area contributed by atoms with E-state index in [4.69, 9.17) is 0 Å². The van der Waals surface area contributed by atoms with E-state index >= 15 is 0 Å². The maximum Gasteiger partial charge on any atom is 0.0315 e. The number of rotatable bonds is 3. The summed E-state index contributed by atoms with van der Waals surface area (Å²) in [5.74, 6) is 0.823. The van der Waals surface area contributed by atoms with Crippen molar-refractivity contribution in [2.24, 2.45) is 5.92 Å². The van der Waals surface area contributed by atoms with Gasteiger partial charge in [-0.2, -0.15) is 0 Å². The van der Waals surface area contributed by atoms with Crippen molar-refractivity contribution in [1.29, 1.82) is 0 Å². The Morgan fingerprint density at radius 1 is 1.47 bits per heavy atom. The van der Waals surface area contributed by atoms with E-state index in [-0.39, 0.29) is 0 Å². The summed E-state index contributed by atoms with van der Waals surface area (Å²) in [6.45, 7) is 4.57. The topological polar surface area (TPSA) is 24.9 Å². The standard InChI is InChI=1S/C13H20N2/c1-10-5-3-7-13(10)15-11(2)12-6-4-8-14-9-12/h4,6,8-11,13,15H,3,5,7H2,1-2H3/t10?,11-,13?/m0/s1. The minimum absolute atomic E-state index is 0.421. The monoisotopic (exact) mass is 204 g/mol. The van der Waals surface area contributed by atoms with Crippen LogP contribution in [-0.2, 0) is 0 Å². The van der Waals surface area contributed by atoms with E-state index in [1.807, 2.05) is 18.5 Å². The molecule has 1 aromatic heterocycles. The molecule has 2 nitrogen and oxygen atoms in total. The summed E-state index contributed by atoms with van der Waals surface area (Å²) in [5.41, 5.74) is 1.29. The normalized spacial score (nSPS) is 27.9. The van der Waals surface area contributed by atoms with Gasteiger partial charge in [-0.3, -0.25) is 4.98 Å². The highest BCUT2D eigenvalue weighted by molar-refractivity contribution is 5.13. The van der Waals surface area contributed by atoms with Gasteiger partial charge < -0.3 is 5.32 Å². The third-order valence-corrected chi connectivity index (χ3v) is 3.51. The summed E-state index contributed by atoms with van der Waals surface area (Å²) in [6, 6.07) is 5.26. The highest BCUT2D eigenvalue weighted by Gasteiger charge is 2.24. The molecule has 0 saturated heterocycles. The van der Waals surface area contributed by atoms with Gasteiger partial charge >= 0.3 is 0 Å². The Kier molecular flexibility index (Phi) is 3.37. The van der Waals surface area contributed by atoms with Crippen LogP contribution in [0.25, 0.3) is 0 Å². The molecule has 0 aliphatic heterocycles. The fourth-order valence-electron chi connectivity index (χ4n) is 2.44. The first kappa shape index (κ1) is 10.6. The van der Waals surface area contributed by atoms with Crippen LogP contribution in [0.1, 0.15) is 44.7 Å². The van der Waals surface area contributed by atoms with Crippen LogP contribution in [0.3, 0.4) is 0 Å². The number of hydrogen-bond donors (Lipinski definition) is 1. The Morgan fingerprint density at radius 3 is 2.93 bits per heavy atom. The van der Waals surface area contributed by atoms with Gasteiger partial charge in [0.15, 0.2) is 0 Å². The van der Waals surface area contributed by atoms with E-state index in [2.05, 4.69) is 30.2 Å². The Bertz CT molecular complexity index is 297. The number of pyridine rings is 1. The SMILES string of the molecule is CC1CCCC1N[C@@H](C)c1cccnc1. The predicted octanol–water partition coefficient (Wildman–Crippen LogP) is 2.92. The molecule has 1 fully saturated rings. The van der Waals surface area contributed by atoms with Crippen LogP contribution in [-0.4, -0.2) is 11.0 Å². The van der Waals surface area contributed by atoms with Crippen molar-refractivity contribution < 1.29 is 0 Å². The van der Waals surface area contributed by atoms with Crippen molar-refractivity contribution in [2.45, 2.75) is 45.2 Å². The van der Waals surface area contributed by atoms with Crippen molar-refractivity contribution in [2.75, 3.05) is 0 Å². The van der Waals surface area contributed by atoms with Crippen LogP contribution in [0.4, 0.5) is 0 Å². The molecule has 1 aromatic rings. The number of aromatic nitrogens is 1. The van der Waals surface area contributed by atoms with Gasteiger partial charge in [0.25, 0.3) is 0 Å². The molecule has 15 heavy (non-hydrogen) atoms. The summed E-state index contributed by atoms with van der Waals surface area (Å²) in [4.78, 5) is 4.16. The van der Waals surface area contributed by atoms with Crippen LogP contribution in [0, 0.1) is 5.92 Å². The molecule has 2 unspecified atom stereocenters. The fourth-order valence-corrected chi connectivity index (χ4v) is 2.44. The first-order valence-corrected chi connectivity index (χ1v) is 5.93. The van der Waals surface area contributed by atoms with E-state index in [9.17, 15) is 0 Å². The quantitative estimate of drug-likeness (QED) is 0.819. The Balaban J connectivity index is 1.95. The van der Waals surface area contributed by atoms with Crippen LogP contribution in [0.5, 0.6) is 0 Å². The van der Waals surface area contributed by atoms with Crippen LogP contribution in [0.2, 0.25) is 0 Å². The second-order valence-electron chi connectivity index (χ2n) is 4.69. The first-order valence-electron chi connectivity index (χ1n) is 5.93. The van der Waals surface area contributed by atoms with Gasteiger partial charge in [-0.25, -0.2) is 0 Å². The lowest BCUT2D eigenvalue weighted by atomic mass is 10.0. The minimum Gasteiger partial charge on any atom is -0.307 e. The lowest BCUT2D eigenvalue weighted by Gasteiger charge is -2.22. The second-order valence-corrected chi connectivity index (χ2v) is 4.69. The second kappa shape index (κ2) is 4.75. The molecule has 0 bridgehead atoms. The van der Waals surface area contributed by atoms with E-state index in [0.717, 1.165) is 5.92 Å². The van der Waals surface area contributed by atoms with Crippen molar-refractivity contribution >= 4 is 0 Å². The maximum absolute atomic E-state index is 4.16. The van der Waals surface area contributed by atoms with Gasteiger partial charge in [0.1, 0.15) is 0 Å². The molecule has 0 radical (unpaired) electrons. The summed E-state index contributed by atoms with van der Waals surface area (Å²) in [7, 11) is 0. The zero-order chi connectivity index (χ0) is 10.7. The fraction of sp³-hybridized carbons (Fsp3) is 0.615. The molecule has 1 heterocycles. The van der Waals surface area contributed by atoms with E-state index < -0.39 is 0 Å². The molecule has 82 valence electrons. The van der Waals surface area contributed by atoms with Crippen molar-refractivity contribution in [3.8, 4) is 0 Å². The highest BCUT2D eigenvalue weighted by atomic mass is 15.0. The average Bonchev–Trinajstić information content (AvgIpc) is 2.66. The average molecular weight is 204 g/mol. The molecular weight excluding hydrogens is 184 g/mol.